The van der Waals surface area contributed by atoms with E-state index in [0.29, 0.717) is 5.56 Å². The molecule has 0 aromatic heterocycles. The summed E-state index contributed by atoms with van der Waals surface area (Å²) in [6, 6.07) is 15.9. The monoisotopic (exact) mass is 222 g/mol. The van der Waals surface area contributed by atoms with E-state index < -0.39 is 0 Å². The quantitative estimate of drug-likeness (QED) is 0.567. The minimum Gasteiger partial charge on any atom is -0.298 e. The normalized spacial score (nSPS) is 10.6. The lowest BCUT2D eigenvalue weighted by Crippen LogP contribution is -1.80. The van der Waals surface area contributed by atoms with Crippen molar-refractivity contribution < 1.29 is 4.79 Å². The van der Waals surface area contributed by atoms with Crippen LogP contribution in [0.15, 0.2) is 48.5 Å². The van der Waals surface area contributed by atoms with Gasteiger partial charge in [0.1, 0.15) is 6.29 Å². The fourth-order valence-corrected chi connectivity index (χ4v) is 1.61. The third kappa shape index (κ3) is 3.15. The third-order valence-corrected chi connectivity index (χ3v) is 2.59. The van der Waals surface area contributed by atoms with E-state index in [1.165, 1.54) is 5.56 Å². The van der Waals surface area contributed by atoms with Crippen LogP contribution in [0.5, 0.6) is 0 Å². The lowest BCUT2D eigenvalue weighted by molar-refractivity contribution is 0.112. The smallest absolute Gasteiger partial charge is 0.150 e. The Balaban J connectivity index is 2.19. The number of carbonyl (C=O) groups is 1. The SMILES string of the molecule is Cc1ccc(C=Cc2cccc(C=O)c2)cc1. The van der Waals surface area contributed by atoms with Crippen LogP contribution in [-0.4, -0.2) is 6.29 Å². The van der Waals surface area contributed by atoms with Crippen molar-refractivity contribution in [2.45, 2.75) is 6.92 Å². The zero-order valence-electron chi connectivity index (χ0n) is 9.76. The second-order valence-electron chi connectivity index (χ2n) is 4.03. The molecule has 0 aliphatic rings. The molecule has 0 saturated heterocycles. The molecule has 0 bridgehead atoms. The number of hydrogen-bond acceptors (Lipinski definition) is 1. The van der Waals surface area contributed by atoms with Gasteiger partial charge in [0.15, 0.2) is 0 Å². The van der Waals surface area contributed by atoms with Crippen LogP contribution in [0.3, 0.4) is 0 Å². The molecule has 0 fully saturated rings. The molecule has 1 heteroatoms. The van der Waals surface area contributed by atoms with Gasteiger partial charge < -0.3 is 0 Å². The van der Waals surface area contributed by atoms with E-state index in [1.807, 2.05) is 30.4 Å². The summed E-state index contributed by atoms with van der Waals surface area (Å²) < 4.78 is 0. The Morgan fingerprint density at radius 3 is 2.18 bits per heavy atom. The largest absolute Gasteiger partial charge is 0.298 e. The Morgan fingerprint density at radius 2 is 1.47 bits per heavy atom. The molecule has 0 saturated carbocycles. The van der Waals surface area contributed by atoms with Gasteiger partial charge in [0, 0.05) is 5.56 Å². The molecular weight excluding hydrogens is 208 g/mol. The average molecular weight is 222 g/mol. The van der Waals surface area contributed by atoms with Crippen LogP contribution in [0.4, 0.5) is 0 Å². The highest BCUT2D eigenvalue weighted by molar-refractivity contribution is 5.78. The summed E-state index contributed by atoms with van der Waals surface area (Å²) in [4.78, 5) is 10.6. The molecule has 0 spiro atoms. The first-order valence-electron chi connectivity index (χ1n) is 5.58. The van der Waals surface area contributed by atoms with E-state index in [-0.39, 0.29) is 0 Å². The molecule has 2 aromatic rings. The van der Waals surface area contributed by atoms with Gasteiger partial charge in [-0.05, 0) is 24.1 Å². The summed E-state index contributed by atoms with van der Waals surface area (Å²) in [6.45, 7) is 2.07. The highest BCUT2D eigenvalue weighted by atomic mass is 16.1. The van der Waals surface area contributed by atoms with E-state index in [0.717, 1.165) is 17.4 Å². The van der Waals surface area contributed by atoms with Gasteiger partial charge in [0.05, 0.1) is 0 Å². The van der Waals surface area contributed by atoms with Crippen LogP contribution in [0.2, 0.25) is 0 Å². The molecule has 0 heterocycles. The molecule has 2 aromatic carbocycles. The van der Waals surface area contributed by atoms with E-state index in [4.69, 9.17) is 0 Å². The van der Waals surface area contributed by atoms with Gasteiger partial charge in [-0.3, -0.25) is 4.79 Å². The number of hydrogen-bond donors (Lipinski definition) is 0. The van der Waals surface area contributed by atoms with E-state index >= 15 is 0 Å². The molecule has 0 aliphatic carbocycles. The van der Waals surface area contributed by atoms with Gasteiger partial charge in [-0.25, -0.2) is 0 Å². The van der Waals surface area contributed by atoms with Crippen LogP contribution in [0.25, 0.3) is 12.2 Å². The standard InChI is InChI=1S/C16H14O/c1-13-5-7-14(8-6-13)9-10-15-3-2-4-16(11-15)12-17/h2-12H,1H3. The second kappa shape index (κ2) is 5.26. The predicted octanol–water partition coefficient (Wildman–Crippen LogP) is 3.98. The maximum absolute atomic E-state index is 10.6. The highest BCUT2D eigenvalue weighted by Gasteiger charge is 1.91. The first-order chi connectivity index (χ1) is 8.28. The van der Waals surface area contributed by atoms with Crippen molar-refractivity contribution in [3.05, 3.63) is 70.8 Å². The molecule has 0 N–H and O–H groups in total. The molecule has 0 radical (unpaired) electrons. The van der Waals surface area contributed by atoms with Gasteiger partial charge in [-0.2, -0.15) is 0 Å². The maximum Gasteiger partial charge on any atom is 0.150 e. The van der Waals surface area contributed by atoms with Crippen molar-refractivity contribution in [3.8, 4) is 0 Å². The predicted molar refractivity (Wildman–Crippen MR) is 71.9 cm³/mol. The number of aryl methyl sites for hydroxylation is 1. The Morgan fingerprint density at radius 1 is 0.824 bits per heavy atom. The molecule has 0 amide bonds. The van der Waals surface area contributed by atoms with Crippen LogP contribution in [0.1, 0.15) is 27.0 Å². The van der Waals surface area contributed by atoms with Gasteiger partial charge in [0.2, 0.25) is 0 Å². The van der Waals surface area contributed by atoms with Gasteiger partial charge in [0.25, 0.3) is 0 Å². The topological polar surface area (TPSA) is 17.1 Å². The van der Waals surface area contributed by atoms with E-state index in [1.54, 1.807) is 6.07 Å². The van der Waals surface area contributed by atoms with Gasteiger partial charge in [-0.1, -0.05) is 60.2 Å². The zero-order valence-corrected chi connectivity index (χ0v) is 9.76. The zero-order chi connectivity index (χ0) is 12.1. The van der Waals surface area contributed by atoms with Crippen LogP contribution >= 0.6 is 0 Å². The number of rotatable bonds is 3. The summed E-state index contributed by atoms with van der Waals surface area (Å²) in [6.07, 6.45) is 4.92. The molecular formula is C16H14O. The number of aldehydes is 1. The molecule has 1 nitrogen and oxygen atoms in total. The molecule has 84 valence electrons. The molecule has 0 unspecified atom stereocenters. The minimum absolute atomic E-state index is 0.705. The molecule has 0 aliphatic heterocycles. The van der Waals surface area contributed by atoms with Crippen molar-refractivity contribution in [1.82, 2.24) is 0 Å². The summed E-state index contributed by atoms with van der Waals surface area (Å²) in [5.41, 5.74) is 4.16. The van der Waals surface area contributed by atoms with Crippen molar-refractivity contribution >= 4 is 18.4 Å². The summed E-state index contributed by atoms with van der Waals surface area (Å²) >= 11 is 0. The maximum atomic E-state index is 10.6. The van der Waals surface area contributed by atoms with Crippen molar-refractivity contribution in [2.24, 2.45) is 0 Å². The van der Waals surface area contributed by atoms with Crippen molar-refractivity contribution in [3.63, 3.8) is 0 Å². The van der Waals surface area contributed by atoms with Crippen LogP contribution in [0, 0.1) is 6.92 Å². The number of benzene rings is 2. The Bertz CT molecular complexity index is 536. The number of carbonyl (C=O) groups excluding carboxylic acids is 1. The Hall–Kier alpha value is -2.15. The first-order valence-corrected chi connectivity index (χ1v) is 5.58. The van der Waals surface area contributed by atoms with E-state index in [2.05, 4.69) is 31.2 Å². The summed E-state index contributed by atoms with van der Waals surface area (Å²) in [5, 5.41) is 0. The van der Waals surface area contributed by atoms with Crippen LogP contribution in [-0.2, 0) is 0 Å². The fourth-order valence-electron chi connectivity index (χ4n) is 1.61. The second-order valence-corrected chi connectivity index (χ2v) is 4.03. The van der Waals surface area contributed by atoms with Crippen LogP contribution < -0.4 is 0 Å². The van der Waals surface area contributed by atoms with Gasteiger partial charge >= 0.3 is 0 Å². The first kappa shape index (κ1) is 11.3. The Labute approximate surface area is 101 Å². The molecule has 17 heavy (non-hydrogen) atoms. The lowest BCUT2D eigenvalue weighted by atomic mass is 10.1. The minimum atomic E-state index is 0.705. The lowest BCUT2D eigenvalue weighted by Gasteiger charge is -1.96. The summed E-state index contributed by atoms with van der Waals surface area (Å²) in [7, 11) is 0. The highest BCUT2D eigenvalue weighted by Crippen LogP contribution is 2.10. The molecule has 0 atom stereocenters. The van der Waals surface area contributed by atoms with Crippen molar-refractivity contribution in [2.75, 3.05) is 0 Å². The van der Waals surface area contributed by atoms with Gasteiger partial charge in [-0.15, -0.1) is 0 Å². The summed E-state index contributed by atoms with van der Waals surface area (Å²) in [5.74, 6) is 0. The molecule has 2 rings (SSSR count). The van der Waals surface area contributed by atoms with E-state index in [9.17, 15) is 4.79 Å². The third-order valence-electron chi connectivity index (χ3n) is 2.59. The van der Waals surface area contributed by atoms with Crippen molar-refractivity contribution in [1.29, 1.82) is 0 Å². The fraction of sp³-hybridized carbons (Fsp3) is 0.0625. The Kier molecular flexibility index (Phi) is 3.51. The average Bonchev–Trinajstić information content (AvgIpc) is 2.38.